The molecular formula is C14H24N2O. The van der Waals surface area contributed by atoms with Gasteiger partial charge in [0.1, 0.15) is 0 Å². The lowest BCUT2D eigenvalue weighted by Crippen LogP contribution is -2.53. The van der Waals surface area contributed by atoms with Crippen molar-refractivity contribution in [2.45, 2.75) is 51.6 Å². The standard InChI is InChI=1S/C14H24N2O/c1-3-12-4-5-13(9-15)14(8-12)16-6-7-17-10-11(16)2/h11-14H,3-8,10H2,1-2H3. The van der Waals surface area contributed by atoms with E-state index in [1.54, 1.807) is 0 Å². The fourth-order valence-corrected chi connectivity index (χ4v) is 3.35. The second-order valence-electron chi connectivity index (χ2n) is 5.55. The van der Waals surface area contributed by atoms with Crippen LogP contribution in [0.5, 0.6) is 0 Å². The van der Waals surface area contributed by atoms with Gasteiger partial charge >= 0.3 is 0 Å². The summed E-state index contributed by atoms with van der Waals surface area (Å²) in [5.41, 5.74) is 0. The molecule has 0 N–H and O–H groups in total. The van der Waals surface area contributed by atoms with Gasteiger partial charge in [-0.15, -0.1) is 0 Å². The zero-order valence-corrected chi connectivity index (χ0v) is 11.1. The Kier molecular flexibility index (Phi) is 4.42. The molecule has 17 heavy (non-hydrogen) atoms. The second kappa shape index (κ2) is 5.84. The Morgan fingerprint density at radius 3 is 2.88 bits per heavy atom. The van der Waals surface area contributed by atoms with Crippen LogP contribution < -0.4 is 0 Å². The molecule has 0 amide bonds. The van der Waals surface area contributed by atoms with Crippen LogP contribution in [0.2, 0.25) is 0 Å². The molecule has 1 saturated carbocycles. The van der Waals surface area contributed by atoms with Gasteiger partial charge in [-0.2, -0.15) is 5.26 Å². The lowest BCUT2D eigenvalue weighted by molar-refractivity contribution is -0.0426. The van der Waals surface area contributed by atoms with Crippen LogP contribution in [0.15, 0.2) is 0 Å². The average molecular weight is 236 g/mol. The second-order valence-corrected chi connectivity index (χ2v) is 5.55. The molecule has 2 rings (SSSR count). The highest BCUT2D eigenvalue weighted by molar-refractivity contribution is 4.99. The number of ether oxygens (including phenoxy) is 1. The minimum atomic E-state index is 0.235. The zero-order chi connectivity index (χ0) is 12.3. The SMILES string of the molecule is CCC1CCC(C#N)C(N2CCOCC2C)C1. The third-order valence-electron chi connectivity index (χ3n) is 4.51. The topological polar surface area (TPSA) is 36.3 Å². The number of nitriles is 1. The molecule has 0 bridgehead atoms. The lowest BCUT2D eigenvalue weighted by Gasteiger charge is -2.44. The summed E-state index contributed by atoms with van der Waals surface area (Å²) in [6, 6.07) is 3.48. The molecule has 0 spiro atoms. The highest BCUT2D eigenvalue weighted by Crippen LogP contribution is 2.35. The van der Waals surface area contributed by atoms with Gasteiger partial charge in [-0.25, -0.2) is 0 Å². The molecule has 4 atom stereocenters. The summed E-state index contributed by atoms with van der Waals surface area (Å²) in [5.74, 6) is 1.05. The third kappa shape index (κ3) is 2.81. The maximum Gasteiger partial charge on any atom is 0.0672 e. The van der Waals surface area contributed by atoms with Crippen LogP contribution in [0, 0.1) is 23.2 Å². The molecular weight excluding hydrogens is 212 g/mol. The Balaban J connectivity index is 2.06. The summed E-state index contributed by atoms with van der Waals surface area (Å²) < 4.78 is 5.50. The largest absolute Gasteiger partial charge is 0.379 e. The molecule has 1 aliphatic carbocycles. The number of rotatable bonds is 2. The summed E-state index contributed by atoms with van der Waals surface area (Å²) in [7, 11) is 0. The molecule has 0 radical (unpaired) electrons. The molecule has 1 heterocycles. The molecule has 4 unspecified atom stereocenters. The van der Waals surface area contributed by atoms with E-state index < -0.39 is 0 Å². The lowest BCUT2D eigenvalue weighted by atomic mass is 9.76. The van der Waals surface area contributed by atoms with E-state index in [1.807, 2.05) is 0 Å². The fraction of sp³-hybridized carbons (Fsp3) is 0.929. The Labute approximate surface area is 105 Å². The van der Waals surface area contributed by atoms with E-state index in [4.69, 9.17) is 4.74 Å². The van der Waals surface area contributed by atoms with Crippen molar-refractivity contribution in [3.63, 3.8) is 0 Å². The zero-order valence-electron chi connectivity index (χ0n) is 11.1. The van der Waals surface area contributed by atoms with Gasteiger partial charge in [0.15, 0.2) is 0 Å². The number of hydrogen-bond acceptors (Lipinski definition) is 3. The van der Waals surface area contributed by atoms with E-state index in [0.717, 1.165) is 32.1 Å². The molecule has 2 aliphatic rings. The highest BCUT2D eigenvalue weighted by atomic mass is 16.5. The van der Waals surface area contributed by atoms with E-state index in [9.17, 15) is 5.26 Å². The average Bonchev–Trinajstić information content (AvgIpc) is 2.38. The number of morpholine rings is 1. The monoisotopic (exact) mass is 236 g/mol. The Morgan fingerprint density at radius 1 is 1.41 bits per heavy atom. The number of nitrogens with zero attached hydrogens (tertiary/aromatic N) is 2. The van der Waals surface area contributed by atoms with Gasteiger partial charge in [0, 0.05) is 18.6 Å². The Morgan fingerprint density at radius 2 is 2.24 bits per heavy atom. The minimum absolute atomic E-state index is 0.235. The van der Waals surface area contributed by atoms with Crippen LogP contribution in [-0.2, 0) is 4.74 Å². The van der Waals surface area contributed by atoms with Gasteiger partial charge in [0.05, 0.1) is 25.2 Å². The quantitative estimate of drug-likeness (QED) is 0.739. The molecule has 1 aliphatic heterocycles. The van der Waals surface area contributed by atoms with E-state index in [-0.39, 0.29) is 5.92 Å². The number of hydrogen-bond donors (Lipinski definition) is 0. The van der Waals surface area contributed by atoms with Crippen molar-refractivity contribution in [1.82, 2.24) is 4.90 Å². The van der Waals surface area contributed by atoms with Crippen LogP contribution in [0.1, 0.15) is 39.5 Å². The van der Waals surface area contributed by atoms with Crippen molar-refractivity contribution in [2.24, 2.45) is 11.8 Å². The molecule has 96 valence electrons. The first kappa shape index (κ1) is 12.9. The van der Waals surface area contributed by atoms with Crippen molar-refractivity contribution in [3.05, 3.63) is 0 Å². The van der Waals surface area contributed by atoms with Gasteiger partial charge in [-0.05, 0) is 32.1 Å². The molecule has 3 nitrogen and oxygen atoms in total. The fourth-order valence-electron chi connectivity index (χ4n) is 3.35. The van der Waals surface area contributed by atoms with Gasteiger partial charge < -0.3 is 4.74 Å². The predicted octanol–water partition coefficient (Wildman–Crippen LogP) is 2.43. The summed E-state index contributed by atoms with van der Waals surface area (Å²) >= 11 is 0. The van der Waals surface area contributed by atoms with Crippen molar-refractivity contribution in [1.29, 1.82) is 5.26 Å². The van der Waals surface area contributed by atoms with E-state index >= 15 is 0 Å². The summed E-state index contributed by atoms with van der Waals surface area (Å²) in [5, 5.41) is 9.33. The maximum absolute atomic E-state index is 9.33. The van der Waals surface area contributed by atoms with Crippen molar-refractivity contribution < 1.29 is 4.74 Å². The molecule has 1 saturated heterocycles. The summed E-state index contributed by atoms with van der Waals surface area (Å²) in [4.78, 5) is 2.53. The first-order chi connectivity index (χ1) is 8.26. The predicted molar refractivity (Wildman–Crippen MR) is 67.5 cm³/mol. The van der Waals surface area contributed by atoms with Gasteiger partial charge in [0.25, 0.3) is 0 Å². The van der Waals surface area contributed by atoms with E-state index in [2.05, 4.69) is 24.8 Å². The normalized spacial score (nSPS) is 39.8. The van der Waals surface area contributed by atoms with Gasteiger partial charge in [-0.1, -0.05) is 13.3 Å². The molecule has 0 aromatic heterocycles. The smallest absolute Gasteiger partial charge is 0.0672 e. The molecule has 0 aromatic carbocycles. The van der Waals surface area contributed by atoms with E-state index in [0.29, 0.717) is 12.1 Å². The van der Waals surface area contributed by atoms with Crippen LogP contribution in [0.25, 0.3) is 0 Å². The minimum Gasteiger partial charge on any atom is -0.379 e. The molecule has 0 aromatic rings. The van der Waals surface area contributed by atoms with Crippen molar-refractivity contribution >= 4 is 0 Å². The molecule has 3 heteroatoms. The van der Waals surface area contributed by atoms with Crippen LogP contribution >= 0.6 is 0 Å². The molecule has 2 fully saturated rings. The van der Waals surface area contributed by atoms with Crippen molar-refractivity contribution in [3.8, 4) is 6.07 Å². The van der Waals surface area contributed by atoms with E-state index in [1.165, 1.54) is 19.3 Å². The summed E-state index contributed by atoms with van der Waals surface area (Å²) in [6.07, 6.45) is 4.79. The van der Waals surface area contributed by atoms with Gasteiger partial charge in [-0.3, -0.25) is 4.90 Å². The van der Waals surface area contributed by atoms with Crippen LogP contribution in [0.3, 0.4) is 0 Å². The van der Waals surface area contributed by atoms with Gasteiger partial charge in [0.2, 0.25) is 0 Å². The maximum atomic E-state index is 9.33. The Bertz CT molecular complexity index is 286. The first-order valence-corrected chi connectivity index (χ1v) is 6.99. The highest BCUT2D eigenvalue weighted by Gasteiger charge is 2.36. The third-order valence-corrected chi connectivity index (χ3v) is 4.51. The first-order valence-electron chi connectivity index (χ1n) is 6.99. The summed E-state index contributed by atoms with van der Waals surface area (Å²) in [6.45, 7) is 7.15. The van der Waals surface area contributed by atoms with Crippen molar-refractivity contribution in [2.75, 3.05) is 19.8 Å². The van der Waals surface area contributed by atoms with Crippen LogP contribution in [0.4, 0.5) is 0 Å². The van der Waals surface area contributed by atoms with Crippen LogP contribution in [-0.4, -0.2) is 36.7 Å². The Hall–Kier alpha value is -0.590.